The van der Waals surface area contributed by atoms with E-state index in [0.717, 1.165) is 23.3 Å². The van der Waals surface area contributed by atoms with Crippen LogP contribution in [0.25, 0.3) is 33.5 Å². The molecule has 0 spiro atoms. The van der Waals surface area contributed by atoms with E-state index in [1.54, 1.807) is 29.7 Å². The molecule has 4 rings (SSSR count). The van der Waals surface area contributed by atoms with Crippen molar-refractivity contribution in [3.05, 3.63) is 77.9 Å². The molecule has 4 aromatic rings. The SMILES string of the molecule is O=C(NO)c1ccc2nc(-c3cccc(-c4ccc(C(F)(F)F)cc4)c3)[nH]c2c1. The quantitative estimate of drug-likeness (QED) is 0.335. The van der Waals surface area contributed by atoms with Crippen molar-refractivity contribution < 1.29 is 23.2 Å². The van der Waals surface area contributed by atoms with Gasteiger partial charge in [0, 0.05) is 11.1 Å². The lowest BCUT2D eigenvalue weighted by atomic mass is 10.0. The topological polar surface area (TPSA) is 78.0 Å². The van der Waals surface area contributed by atoms with Crippen molar-refractivity contribution in [3.8, 4) is 22.5 Å². The van der Waals surface area contributed by atoms with Gasteiger partial charge in [0.05, 0.1) is 16.6 Å². The van der Waals surface area contributed by atoms with Crippen LogP contribution in [0.5, 0.6) is 0 Å². The molecule has 0 bridgehead atoms. The molecule has 0 aliphatic carbocycles. The number of alkyl halides is 3. The maximum absolute atomic E-state index is 12.8. The van der Waals surface area contributed by atoms with Gasteiger partial charge in [-0.1, -0.05) is 30.3 Å². The molecule has 1 amide bonds. The number of H-pyrrole nitrogens is 1. The third-order valence-electron chi connectivity index (χ3n) is 4.53. The molecular formula is C21H14F3N3O2. The summed E-state index contributed by atoms with van der Waals surface area (Å²) in [6, 6.07) is 17.0. The summed E-state index contributed by atoms with van der Waals surface area (Å²) in [7, 11) is 0. The summed E-state index contributed by atoms with van der Waals surface area (Å²) in [5.41, 5.74) is 4.54. The summed E-state index contributed by atoms with van der Waals surface area (Å²) in [6.07, 6.45) is -4.37. The first-order chi connectivity index (χ1) is 13.8. The summed E-state index contributed by atoms with van der Waals surface area (Å²) < 4.78 is 38.3. The molecule has 3 aromatic carbocycles. The van der Waals surface area contributed by atoms with E-state index in [-0.39, 0.29) is 5.56 Å². The molecule has 0 radical (unpaired) electrons. The van der Waals surface area contributed by atoms with E-state index in [9.17, 15) is 18.0 Å². The van der Waals surface area contributed by atoms with Crippen molar-refractivity contribution in [2.75, 3.05) is 0 Å². The number of amides is 1. The lowest BCUT2D eigenvalue weighted by Crippen LogP contribution is -2.18. The Balaban J connectivity index is 1.69. The number of hydrogen-bond acceptors (Lipinski definition) is 3. The first-order valence-corrected chi connectivity index (χ1v) is 8.57. The first-order valence-electron chi connectivity index (χ1n) is 8.57. The minimum absolute atomic E-state index is 0.272. The van der Waals surface area contributed by atoms with Gasteiger partial charge in [0.15, 0.2) is 0 Å². The van der Waals surface area contributed by atoms with E-state index in [2.05, 4.69) is 9.97 Å². The minimum atomic E-state index is -4.37. The van der Waals surface area contributed by atoms with Gasteiger partial charge in [-0.3, -0.25) is 10.0 Å². The normalized spacial score (nSPS) is 11.6. The van der Waals surface area contributed by atoms with Gasteiger partial charge in [-0.15, -0.1) is 0 Å². The Kier molecular flexibility index (Phi) is 4.56. The number of hydrogen-bond donors (Lipinski definition) is 3. The maximum atomic E-state index is 12.8. The fourth-order valence-electron chi connectivity index (χ4n) is 3.05. The molecule has 0 saturated carbocycles. The lowest BCUT2D eigenvalue weighted by molar-refractivity contribution is -0.137. The van der Waals surface area contributed by atoms with Crippen molar-refractivity contribution >= 4 is 16.9 Å². The average molecular weight is 397 g/mol. The number of hydroxylamine groups is 1. The number of carbonyl (C=O) groups is 1. The molecule has 146 valence electrons. The summed E-state index contributed by atoms with van der Waals surface area (Å²) in [5.74, 6) is -0.0809. The van der Waals surface area contributed by atoms with Gasteiger partial charge < -0.3 is 4.98 Å². The highest BCUT2D eigenvalue weighted by molar-refractivity contribution is 5.97. The van der Waals surface area contributed by atoms with Crippen LogP contribution in [0.4, 0.5) is 13.2 Å². The highest BCUT2D eigenvalue weighted by Crippen LogP contribution is 2.32. The Morgan fingerprint density at radius 3 is 2.34 bits per heavy atom. The number of nitrogens with zero attached hydrogens (tertiary/aromatic N) is 1. The molecule has 0 saturated heterocycles. The molecule has 0 aliphatic rings. The molecular weight excluding hydrogens is 383 g/mol. The number of nitrogens with one attached hydrogen (secondary N) is 2. The number of aromatic nitrogens is 2. The Labute approximate surface area is 162 Å². The van der Waals surface area contributed by atoms with Crippen LogP contribution in [0.15, 0.2) is 66.7 Å². The van der Waals surface area contributed by atoms with Gasteiger partial charge in [0.1, 0.15) is 5.82 Å². The smallest absolute Gasteiger partial charge is 0.338 e. The maximum Gasteiger partial charge on any atom is 0.416 e. The van der Waals surface area contributed by atoms with Crippen LogP contribution in [0.3, 0.4) is 0 Å². The van der Waals surface area contributed by atoms with Crippen molar-refractivity contribution in [2.24, 2.45) is 0 Å². The second kappa shape index (κ2) is 7.06. The Morgan fingerprint density at radius 1 is 0.931 bits per heavy atom. The van der Waals surface area contributed by atoms with Crippen molar-refractivity contribution in [2.45, 2.75) is 6.18 Å². The molecule has 0 atom stereocenters. The first kappa shape index (κ1) is 18.7. The van der Waals surface area contributed by atoms with E-state index in [4.69, 9.17) is 5.21 Å². The summed E-state index contributed by atoms with van der Waals surface area (Å²) in [5, 5.41) is 8.76. The van der Waals surface area contributed by atoms with Crippen LogP contribution >= 0.6 is 0 Å². The third-order valence-corrected chi connectivity index (χ3v) is 4.53. The van der Waals surface area contributed by atoms with Crippen LogP contribution in [-0.2, 0) is 6.18 Å². The lowest BCUT2D eigenvalue weighted by Gasteiger charge is -2.08. The van der Waals surface area contributed by atoms with Crippen molar-refractivity contribution in [1.82, 2.24) is 15.4 Å². The Morgan fingerprint density at radius 2 is 1.66 bits per heavy atom. The van der Waals surface area contributed by atoms with E-state index >= 15 is 0 Å². The standard InChI is InChI=1S/C21H14F3N3O2/c22-21(23,24)16-7-4-12(5-8-16)13-2-1-3-14(10-13)19-25-17-9-6-15(20(28)27-29)11-18(17)26-19/h1-11,29H,(H,25,26)(H,27,28). The second-order valence-corrected chi connectivity index (χ2v) is 6.41. The van der Waals surface area contributed by atoms with Gasteiger partial charge in [0.25, 0.3) is 5.91 Å². The number of benzene rings is 3. The van der Waals surface area contributed by atoms with Gasteiger partial charge in [0.2, 0.25) is 0 Å². The predicted octanol–water partition coefficient (Wildman–Crippen LogP) is 5.03. The fraction of sp³-hybridized carbons (Fsp3) is 0.0476. The number of aromatic amines is 1. The zero-order valence-corrected chi connectivity index (χ0v) is 14.8. The predicted molar refractivity (Wildman–Crippen MR) is 101 cm³/mol. The number of carbonyl (C=O) groups excluding carboxylic acids is 1. The second-order valence-electron chi connectivity index (χ2n) is 6.41. The molecule has 0 unspecified atom stereocenters. The van der Waals surface area contributed by atoms with E-state index in [0.29, 0.717) is 22.4 Å². The highest BCUT2D eigenvalue weighted by atomic mass is 19.4. The monoisotopic (exact) mass is 397 g/mol. The molecule has 29 heavy (non-hydrogen) atoms. The summed E-state index contributed by atoms with van der Waals surface area (Å²) in [6.45, 7) is 0. The Bertz CT molecular complexity index is 1200. The van der Waals surface area contributed by atoms with Crippen LogP contribution in [0.2, 0.25) is 0 Å². The molecule has 3 N–H and O–H groups in total. The van der Waals surface area contributed by atoms with E-state index in [1.165, 1.54) is 18.2 Å². The van der Waals surface area contributed by atoms with E-state index < -0.39 is 17.6 Å². The highest BCUT2D eigenvalue weighted by Gasteiger charge is 2.29. The number of imidazole rings is 1. The third kappa shape index (κ3) is 3.70. The minimum Gasteiger partial charge on any atom is -0.338 e. The molecule has 5 nitrogen and oxygen atoms in total. The zero-order valence-electron chi connectivity index (χ0n) is 14.8. The van der Waals surface area contributed by atoms with E-state index in [1.807, 2.05) is 12.1 Å². The molecule has 0 aliphatic heterocycles. The molecule has 8 heteroatoms. The van der Waals surface area contributed by atoms with Gasteiger partial charge >= 0.3 is 6.18 Å². The van der Waals surface area contributed by atoms with Crippen molar-refractivity contribution in [3.63, 3.8) is 0 Å². The van der Waals surface area contributed by atoms with Crippen molar-refractivity contribution in [1.29, 1.82) is 0 Å². The molecule has 0 fully saturated rings. The summed E-state index contributed by atoms with van der Waals surface area (Å²) >= 11 is 0. The fourth-order valence-corrected chi connectivity index (χ4v) is 3.05. The Hall–Kier alpha value is -3.65. The zero-order chi connectivity index (χ0) is 20.6. The number of rotatable bonds is 3. The van der Waals surface area contributed by atoms with Gasteiger partial charge in [-0.25, -0.2) is 10.5 Å². The van der Waals surface area contributed by atoms with Gasteiger partial charge in [-0.05, 0) is 47.5 Å². The summed E-state index contributed by atoms with van der Waals surface area (Å²) in [4.78, 5) is 19.2. The average Bonchev–Trinajstić information content (AvgIpc) is 3.16. The number of fused-ring (bicyclic) bond motifs is 1. The van der Waals surface area contributed by atoms with Crippen LogP contribution < -0.4 is 5.48 Å². The van der Waals surface area contributed by atoms with Crippen LogP contribution in [-0.4, -0.2) is 21.1 Å². The van der Waals surface area contributed by atoms with Crippen LogP contribution in [0, 0.1) is 0 Å². The van der Waals surface area contributed by atoms with Gasteiger partial charge in [-0.2, -0.15) is 13.2 Å². The largest absolute Gasteiger partial charge is 0.416 e. The van der Waals surface area contributed by atoms with Crippen LogP contribution in [0.1, 0.15) is 15.9 Å². The molecule has 1 heterocycles. The molecule has 1 aromatic heterocycles. The number of halogens is 3.